The van der Waals surface area contributed by atoms with Crippen LogP contribution in [0.5, 0.6) is 0 Å². The minimum Gasteiger partial charge on any atom is -0.0657 e. The third-order valence-electron chi connectivity index (χ3n) is 6.90. The maximum atomic E-state index is 2.63. The van der Waals surface area contributed by atoms with E-state index in [0.717, 1.165) is 0 Å². The van der Waals surface area contributed by atoms with Crippen LogP contribution in [-0.2, 0) is 0 Å². The maximum absolute atomic E-state index is 2.63. The molecule has 25 heavy (non-hydrogen) atoms. The Morgan fingerprint density at radius 2 is 1.32 bits per heavy atom. The first-order chi connectivity index (χ1) is 11.3. The van der Waals surface area contributed by atoms with Crippen molar-refractivity contribution in [2.75, 3.05) is 0 Å². The van der Waals surface area contributed by atoms with Gasteiger partial charge in [-0.2, -0.15) is 0 Å². The minimum absolute atomic E-state index is 0.606. The molecule has 0 aromatic heterocycles. The van der Waals surface area contributed by atoms with Gasteiger partial charge in [0.25, 0.3) is 0 Å². The van der Waals surface area contributed by atoms with Crippen molar-refractivity contribution in [1.82, 2.24) is 0 Å². The Kier molecular flexibility index (Phi) is 5.48. The van der Waals surface area contributed by atoms with Crippen molar-refractivity contribution in [2.45, 2.75) is 80.2 Å². The average molecular weight is 371 g/mol. The van der Waals surface area contributed by atoms with Crippen molar-refractivity contribution in [3.05, 3.63) is 45.7 Å². The molecule has 1 aliphatic rings. The number of hydrogen-bond acceptors (Lipinski definition) is 0. The highest BCUT2D eigenvalue weighted by atomic mass is 28.3. The summed E-state index contributed by atoms with van der Waals surface area (Å²) < 4.78 is 0. The minimum atomic E-state index is -1.76. The van der Waals surface area contributed by atoms with Gasteiger partial charge in [0.15, 0.2) is 0 Å². The molecule has 2 rings (SSSR count). The summed E-state index contributed by atoms with van der Waals surface area (Å²) >= 11 is 0. The van der Waals surface area contributed by atoms with E-state index in [2.05, 4.69) is 92.9 Å². The summed E-state index contributed by atoms with van der Waals surface area (Å²) in [5, 5.41) is 5.06. The highest BCUT2D eigenvalue weighted by molar-refractivity contribution is 6.98. The molecule has 0 spiro atoms. The van der Waals surface area contributed by atoms with E-state index in [1.54, 1.807) is 32.3 Å². The molecule has 0 saturated carbocycles. The van der Waals surface area contributed by atoms with Gasteiger partial charge in [0, 0.05) is 0 Å². The predicted octanol–water partition coefficient (Wildman–Crippen LogP) is 6.08. The van der Waals surface area contributed by atoms with Gasteiger partial charge >= 0.3 is 0 Å². The number of hydrogen-bond donors (Lipinski definition) is 0. The monoisotopic (exact) mass is 370 g/mol. The molecule has 0 amide bonds. The largest absolute Gasteiger partial charge is 0.114 e. The lowest BCUT2D eigenvalue weighted by atomic mass is 10.1. The topological polar surface area (TPSA) is 0 Å². The van der Waals surface area contributed by atoms with Gasteiger partial charge < -0.3 is 0 Å². The molecule has 2 unspecified atom stereocenters. The summed E-state index contributed by atoms with van der Waals surface area (Å²) in [7, 11) is -3.08. The maximum Gasteiger partial charge on any atom is 0.114 e. The van der Waals surface area contributed by atoms with Crippen molar-refractivity contribution < 1.29 is 0 Å². The number of rotatable bonds is 4. The van der Waals surface area contributed by atoms with E-state index in [4.69, 9.17) is 0 Å². The van der Waals surface area contributed by atoms with E-state index >= 15 is 0 Å². The molecular weight excluding hydrogens is 332 g/mol. The molecule has 0 radical (unpaired) electrons. The molecule has 0 fully saturated rings. The smallest absolute Gasteiger partial charge is 0.0657 e. The summed E-state index contributed by atoms with van der Waals surface area (Å²) in [6, 6.07) is 7.55. The standard InChI is InChI=1S/C23H38Si2/c1-15(2)25(11,23-19(6)17(4)18(5)20(23)7)22-13-16(3)12-21(14-22)24(8,9)10/h12-15,19H,1-11H3. The molecule has 1 aromatic carbocycles. The van der Waals surface area contributed by atoms with Crippen molar-refractivity contribution >= 4 is 26.5 Å². The molecule has 0 bridgehead atoms. The molecule has 2 heteroatoms. The molecule has 0 N–H and O–H groups in total. The highest BCUT2D eigenvalue weighted by Crippen LogP contribution is 2.44. The van der Waals surface area contributed by atoms with E-state index in [9.17, 15) is 0 Å². The highest BCUT2D eigenvalue weighted by Gasteiger charge is 2.43. The second-order valence-corrected chi connectivity index (χ2v) is 19.5. The van der Waals surface area contributed by atoms with Crippen LogP contribution in [0.25, 0.3) is 0 Å². The first-order valence-electron chi connectivity index (χ1n) is 9.83. The van der Waals surface area contributed by atoms with Crippen LogP contribution in [-0.4, -0.2) is 16.1 Å². The van der Waals surface area contributed by atoms with Gasteiger partial charge in [0.2, 0.25) is 0 Å². The molecule has 2 atom stereocenters. The first kappa shape index (κ1) is 20.4. The van der Waals surface area contributed by atoms with Crippen molar-refractivity contribution in [1.29, 1.82) is 0 Å². The van der Waals surface area contributed by atoms with Crippen molar-refractivity contribution in [2.24, 2.45) is 5.92 Å². The predicted molar refractivity (Wildman–Crippen MR) is 121 cm³/mol. The molecule has 1 aliphatic carbocycles. The Balaban J connectivity index is 2.74. The van der Waals surface area contributed by atoms with Crippen LogP contribution in [0.1, 0.15) is 47.1 Å². The SMILES string of the molecule is CC1=C(C)C(C)C([Si](C)(c2cc(C)cc([Si](C)(C)C)c2)C(C)C)=C1C. The van der Waals surface area contributed by atoms with Crippen LogP contribution >= 0.6 is 0 Å². The van der Waals surface area contributed by atoms with Crippen LogP contribution in [0.4, 0.5) is 0 Å². The zero-order chi connectivity index (χ0) is 19.3. The Morgan fingerprint density at radius 1 is 0.800 bits per heavy atom. The van der Waals surface area contributed by atoms with Crippen LogP contribution in [0.2, 0.25) is 31.7 Å². The van der Waals surface area contributed by atoms with Gasteiger partial charge in [0.05, 0.1) is 8.07 Å². The Labute approximate surface area is 158 Å². The summed E-state index contributed by atoms with van der Waals surface area (Å²) in [6.07, 6.45) is 0. The third-order valence-corrected chi connectivity index (χ3v) is 14.6. The van der Waals surface area contributed by atoms with E-state index in [-0.39, 0.29) is 0 Å². The molecule has 0 aliphatic heterocycles. The fourth-order valence-corrected chi connectivity index (χ4v) is 10.6. The summed E-state index contributed by atoms with van der Waals surface area (Å²) in [4.78, 5) is 0. The lowest BCUT2D eigenvalue weighted by Gasteiger charge is -2.38. The molecular formula is C23H38Si2. The van der Waals surface area contributed by atoms with Gasteiger partial charge in [-0.05, 0) is 44.7 Å². The number of benzene rings is 1. The Bertz CT molecular complexity index is 744. The number of allylic oxidation sites excluding steroid dienone is 4. The van der Waals surface area contributed by atoms with Gasteiger partial charge in [-0.15, -0.1) is 0 Å². The zero-order valence-corrected chi connectivity index (χ0v) is 20.4. The van der Waals surface area contributed by atoms with E-state index in [0.29, 0.717) is 11.5 Å². The van der Waals surface area contributed by atoms with Gasteiger partial charge in [-0.25, -0.2) is 0 Å². The van der Waals surface area contributed by atoms with E-state index < -0.39 is 16.1 Å². The second kappa shape index (κ2) is 6.70. The summed E-state index contributed by atoms with van der Waals surface area (Å²) in [5.74, 6) is 0.606. The van der Waals surface area contributed by atoms with Crippen LogP contribution in [0, 0.1) is 12.8 Å². The fourth-order valence-electron chi connectivity index (χ4n) is 4.52. The van der Waals surface area contributed by atoms with E-state index in [1.807, 2.05) is 0 Å². The second-order valence-electron chi connectivity index (χ2n) is 9.76. The lowest BCUT2D eigenvalue weighted by molar-refractivity contribution is 0.837. The molecule has 0 nitrogen and oxygen atoms in total. The third kappa shape index (κ3) is 3.40. The van der Waals surface area contributed by atoms with E-state index in [1.165, 1.54) is 5.56 Å². The summed E-state index contributed by atoms with van der Waals surface area (Å²) in [6.45, 7) is 26.7. The fraction of sp³-hybridized carbons (Fsp3) is 0.565. The molecule has 1 aromatic rings. The first-order valence-corrected chi connectivity index (χ1v) is 15.9. The van der Waals surface area contributed by atoms with Crippen LogP contribution < -0.4 is 10.4 Å². The number of aryl methyl sites for hydroxylation is 1. The van der Waals surface area contributed by atoms with Crippen molar-refractivity contribution in [3.8, 4) is 0 Å². The normalized spacial score (nSPS) is 21.4. The molecule has 0 heterocycles. The average Bonchev–Trinajstić information content (AvgIpc) is 2.69. The van der Waals surface area contributed by atoms with Gasteiger partial charge in [-0.1, -0.05) is 97.4 Å². The van der Waals surface area contributed by atoms with Gasteiger partial charge in [0.1, 0.15) is 8.07 Å². The van der Waals surface area contributed by atoms with Crippen LogP contribution in [0.15, 0.2) is 40.1 Å². The molecule has 138 valence electrons. The Morgan fingerprint density at radius 3 is 1.72 bits per heavy atom. The van der Waals surface area contributed by atoms with Crippen molar-refractivity contribution in [3.63, 3.8) is 0 Å². The van der Waals surface area contributed by atoms with Crippen LogP contribution in [0.3, 0.4) is 0 Å². The van der Waals surface area contributed by atoms with Gasteiger partial charge in [-0.3, -0.25) is 0 Å². The zero-order valence-electron chi connectivity index (χ0n) is 18.4. The molecule has 0 saturated heterocycles. The lowest BCUT2D eigenvalue weighted by Crippen LogP contribution is -2.53. The quantitative estimate of drug-likeness (QED) is 0.564. The Hall–Kier alpha value is -0.866. The summed E-state index contributed by atoms with van der Waals surface area (Å²) in [5.41, 5.74) is 6.86.